The molecule has 0 aliphatic heterocycles. The van der Waals surface area contributed by atoms with Crippen molar-refractivity contribution in [3.05, 3.63) is 59.7 Å². The number of amides is 2. The second-order valence-electron chi connectivity index (χ2n) is 4.81. The van der Waals surface area contributed by atoms with Gasteiger partial charge in [0.1, 0.15) is 5.75 Å². The van der Waals surface area contributed by atoms with Crippen molar-refractivity contribution in [2.75, 3.05) is 19.0 Å². The van der Waals surface area contributed by atoms with Crippen molar-refractivity contribution in [1.29, 1.82) is 0 Å². The van der Waals surface area contributed by atoms with Crippen LogP contribution in [0.5, 0.6) is 5.75 Å². The van der Waals surface area contributed by atoms with Gasteiger partial charge in [-0.1, -0.05) is 17.7 Å². The van der Waals surface area contributed by atoms with E-state index in [2.05, 4.69) is 10.6 Å². The van der Waals surface area contributed by atoms with Crippen LogP contribution >= 0.6 is 0 Å². The number of carbonyl (C=O) groups excluding carboxylic acids is 2. The molecule has 0 bridgehead atoms. The summed E-state index contributed by atoms with van der Waals surface area (Å²) in [5, 5.41) is 5.29. The standard InChI is InChI=1S/C17H18N2O3/c1-12-4-3-5-13(10-12)17(21)19-14-6-8-15(9-7-14)22-11-16(20)18-2/h3-10H,11H2,1-2H3,(H,18,20)(H,19,21). The first-order valence-corrected chi connectivity index (χ1v) is 6.90. The second-order valence-corrected chi connectivity index (χ2v) is 4.81. The molecule has 5 nitrogen and oxygen atoms in total. The summed E-state index contributed by atoms with van der Waals surface area (Å²) in [5.41, 5.74) is 2.31. The fourth-order valence-electron chi connectivity index (χ4n) is 1.85. The summed E-state index contributed by atoms with van der Waals surface area (Å²) in [5.74, 6) is 0.205. The van der Waals surface area contributed by atoms with Gasteiger partial charge in [-0.15, -0.1) is 0 Å². The number of hydrogen-bond acceptors (Lipinski definition) is 3. The fraction of sp³-hybridized carbons (Fsp3) is 0.176. The number of likely N-dealkylation sites (N-methyl/N-ethyl adjacent to an activating group) is 1. The first-order chi connectivity index (χ1) is 10.6. The Bertz CT molecular complexity index is 666. The van der Waals surface area contributed by atoms with E-state index < -0.39 is 0 Å². The molecule has 2 amide bonds. The summed E-state index contributed by atoms with van der Waals surface area (Å²) in [7, 11) is 1.55. The average Bonchev–Trinajstić information content (AvgIpc) is 2.53. The second kappa shape index (κ2) is 7.26. The highest BCUT2D eigenvalue weighted by Crippen LogP contribution is 2.16. The molecule has 0 aliphatic carbocycles. The molecular weight excluding hydrogens is 280 g/mol. The lowest BCUT2D eigenvalue weighted by atomic mass is 10.1. The molecule has 2 N–H and O–H groups in total. The van der Waals surface area contributed by atoms with Gasteiger partial charge in [-0.05, 0) is 43.3 Å². The smallest absolute Gasteiger partial charge is 0.257 e. The third-order valence-electron chi connectivity index (χ3n) is 3.04. The Kier molecular flexibility index (Phi) is 5.14. The van der Waals surface area contributed by atoms with Crippen LogP contribution in [0, 0.1) is 6.92 Å². The predicted octanol–water partition coefficient (Wildman–Crippen LogP) is 2.37. The predicted molar refractivity (Wildman–Crippen MR) is 85.1 cm³/mol. The first kappa shape index (κ1) is 15.6. The highest BCUT2D eigenvalue weighted by molar-refractivity contribution is 6.04. The number of hydrogen-bond donors (Lipinski definition) is 2. The topological polar surface area (TPSA) is 67.4 Å². The summed E-state index contributed by atoms with van der Waals surface area (Å²) < 4.78 is 5.29. The van der Waals surface area contributed by atoms with Crippen molar-refractivity contribution >= 4 is 17.5 Å². The number of carbonyl (C=O) groups is 2. The lowest BCUT2D eigenvalue weighted by Gasteiger charge is -2.08. The minimum Gasteiger partial charge on any atom is -0.484 e. The molecule has 0 spiro atoms. The molecule has 0 unspecified atom stereocenters. The zero-order valence-electron chi connectivity index (χ0n) is 12.6. The van der Waals surface area contributed by atoms with Crippen LogP contribution in [0.2, 0.25) is 0 Å². The molecule has 0 aliphatic rings. The number of anilines is 1. The lowest BCUT2D eigenvalue weighted by molar-refractivity contribution is -0.122. The van der Waals surface area contributed by atoms with E-state index in [-0.39, 0.29) is 18.4 Å². The Morgan fingerprint density at radius 2 is 1.82 bits per heavy atom. The van der Waals surface area contributed by atoms with Gasteiger partial charge in [0.05, 0.1) is 0 Å². The summed E-state index contributed by atoms with van der Waals surface area (Å²) in [4.78, 5) is 23.2. The molecule has 2 aromatic carbocycles. The first-order valence-electron chi connectivity index (χ1n) is 6.90. The van der Waals surface area contributed by atoms with Crippen LogP contribution < -0.4 is 15.4 Å². The van der Waals surface area contributed by atoms with Crippen molar-refractivity contribution in [3.8, 4) is 5.75 Å². The van der Waals surface area contributed by atoms with Gasteiger partial charge in [-0.25, -0.2) is 0 Å². The average molecular weight is 298 g/mol. The fourth-order valence-corrected chi connectivity index (χ4v) is 1.85. The van der Waals surface area contributed by atoms with Gasteiger partial charge in [0.25, 0.3) is 11.8 Å². The molecule has 22 heavy (non-hydrogen) atoms. The molecule has 114 valence electrons. The normalized spacial score (nSPS) is 9.91. The zero-order valence-corrected chi connectivity index (χ0v) is 12.6. The molecule has 2 rings (SSSR count). The molecule has 0 radical (unpaired) electrons. The lowest BCUT2D eigenvalue weighted by Crippen LogP contribution is -2.24. The van der Waals surface area contributed by atoms with Crippen molar-refractivity contribution in [3.63, 3.8) is 0 Å². The Morgan fingerprint density at radius 3 is 2.45 bits per heavy atom. The number of aryl methyl sites for hydroxylation is 1. The van der Waals surface area contributed by atoms with Gasteiger partial charge in [-0.3, -0.25) is 9.59 Å². The van der Waals surface area contributed by atoms with Gasteiger partial charge >= 0.3 is 0 Å². The van der Waals surface area contributed by atoms with Crippen molar-refractivity contribution in [2.24, 2.45) is 0 Å². The Hall–Kier alpha value is -2.82. The molecule has 0 saturated heterocycles. The minimum absolute atomic E-state index is 0.0362. The number of benzene rings is 2. The van der Waals surface area contributed by atoms with E-state index in [4.69, 9.17) is 4.74 Å². The van der Waals surface area contributed by atoms with E-state index in [1.54, 1.807) is 37.4 Å². The molecule has 0 atom stereocenters. The number of nitrogens with one attached hydrogen (secondary N) is 2. The molecule has 0 heterocycles. The highest BCUT2D eigenvalue weighted by Gasteiger charge is 2.06. The summed E-state index contributed by atoms with van der Waals surface area (Å²) in [6.45, 7) is 1.90. The van der Waals surface area contributed by atoms with Gasteiger partial charge in [0, 0.05) is 18.3 Å². The van der Waals surface area contributed by atoms with Gasteiger partial charge in [0.2, 0.25) is 0 Å². The van der Waals surface area contributed by atoms with Crippen LogP contribution in [0.3, 0.4) is 0 Å². The molecular formula is C17H18N2O3. The highest BCUT2D eigenvalue weighted by atomic mass is 16.5. The van der Waals surface area contributed by atoms with E-state index in [1.165, 1.54) is 0 Å². The maximum absolute atomic E-state index is 12.1. The largest absolute Gasteiger partial charge is 0.484 e. The van der Waals surface area contributed by atoms with E-state index in [1.807, 2.05) is 25.1 Å². The summed E-state index contributed by atoms with van der Waals surface area (Å²) in [6.07, 6.45) is 0. The summed E-state index contributed by atoms with van der Waals surface area (Å²) in [6, 6.07) is 14.2. The van der Waals surface area contributed by atoms with Crippen LogP contribution in [0.4, 0.5) is 5.69 Å². The van der Waals surface area contributed by atoms with E-state index in [0.29, 0.717) is 17.0 Å². The maximum atomic E-state index is 12.1. The van der Waals surface area contributed by atoms with Crippen molar-refractivity contribution in [1.82, 2.24) is 5.32 Å². The van der Waals surface area contributed by atoms with Crippen LogP contribution in [0.15, 0.2) is 48.5 Å². The third kappa shape index (κ3) is 4.34. The zero-order chi connectivity index (χ0) is 15.9. The molecule has 0 saturated carbocycles. The van der Waals surface area contributed by atoms with E-state index >= 15 is 0 Å². The molecule has 2 aromatic rings. The van der Waals surface area contributed by atoms with Crippen molar-refractivity contribution in [2.45, 2.75) is 6.92 Å². The van der Waals surface area contributed by atoms with Crippen LogP contribution in [0.25, 0.3) is 0 Å². The van der Waals surface area contributed by atoms with Crippen molar-refractivity contribution < 1.29 is 14.3 Å². The van der Waals surface area contributed by atoms with E-state index in [0.717, 1.165) is 5.56 Å². The molecule has 5 heteroatoms. The van der Waals surface area contributed by atoms with E-state index in [9.17, 15) is 9.59 Å². The minimum atomic E-state index is -0.197. The quantitative estimate of drug-likeness (QED) is 0.890. The number of ether oxygens (including phenoxy) is 1. The Morgan fingerprint density at radius 1 is 1.09 bits per heavy atom. The van der Waals surface area contributed by atoms with Crippen LogP contribution in [-0.2, 0) is 4.79 Å². The third-order valence-corrected chi connectivity index (χ3v) is 3.04. The monoisotopic (exact) mass is 298 g/mol. The maximum Gasteiger partial charge on any atom is 0.257 e. The van der Waals surface area contributed by atoms with Gasteiger partial charge in [-0.2, -0.15) is 0 Å². The Labute approximate surface area is 129 Å². The number of rotatable bonds is 5. The summed E-state index contributed by atoms with van der Waals surface area (Å²) >= 11 is 0. The Balaban J connectivity index is 1.96. The van der Waals surface area contributed by atoms with Crippen LogP contribution in [0.1, 0.15) is 15.9 Å². The SMILES string of the molecule is CNC(=O)COc1ccc(NC(=O)c2cccc(C)c2)cc1. The molecule has 0 aromatic heterocycles. The van der Waals surface area contributed by atoms with Gasteiger partial charge < -0.3 is 15.4 Å². The molecule has 0 fully saturated rings. The van der Waals surface area contributed by atoms with Gasteiger partial charge in [0.15, 0.2) is 6.61 Å². The van der Waals surface area contributed by atoms with Crippen LogP contribution in [-0.4, -0.2) is 25.5 Å².